The Kier molecular flexibility index (Phi) is 5.22. The lowest BCUT2D eigenvalue weighted by Gasteiger charge is -2.12. The van der Waals surface area contributed by atoms with Gasteiger partial charge in [0.2, 0.25) is 11.5 Å². The maximum Gasteiger partial charge on any atom is 0.406 e. The molecule has 0 saturated heterocycles. The van der Waals surface area contributed by atoms with Crippen LogP contribution in [0.25, 0.3) is 0 Å². The van der Waals surface area contributed by atoms with E-state index in [1.54, 1.807) is 0 Å². The van der Waals surface area contributed by atoms with Crippen LogP contribution in [-0.4, -0.2) is 29.1 Å². The Balaban J connectivity index is 2.07. The molecule has 130 valence electrons. The van der Waals surface area contributed by atoms with Crippen LogP contribution in [0.15, 0.2) is 27.3 Å². The first-order valence-corrected chi connectivity index (χ1v) is 7.57. The molecule has 0 spiro atoms. The summed E-state index contributed by atoms with van der Waals surface area (Å²) in [6.07, 6.45) is -4.39. The minimum absolute atomic E-state index is 0.0859. The molecule has 0 N–H and O–H groups in total. The number of aryl methyl sites for hydroxylation is 1. The number of rotatable bonds is 5. The van der Waals surface area contributed by atoms with Gasteiger partial charge in [0.15, 0.2) is 11.3 Å². The van der Waals surface area contributed by atoms with E-state index in [0.717, 1.165) is 4.57 Å². The van der Waals surface area contributed by atoms with Gasteiger partial charge < -0.3 is 13.7 Å². The second-order valence-electron chi connectivity index (χ2n) is 5.09. The van der Waals surface area contributed by atoms with Gasteiger partial charge in [-0.2, -0.15) is 13.2 Å². The molecule has 5 nitrogen and oxygen atoms in total. The van der Waals surface area contributed by atoms with Crippen molar-refractivity contribution in [3.8, 4) is 0 Å². The van der Waals surface area contributed by atoms with Crippen LogP contribution < -0.4 is 0 Å². The van der Waals surface area contributed by atoms with Crippen molar-refractivity contribution in [2.75, 3.05) is 6.61 Å². The fraction of sp³-hybridized carbons (Fsp3) is 0.333. The van der Waals surface area contributed by atoms with Crippen molar-refractivity contribution in [2.45, 2.75) is 26.6 Å². The second kappa shape index (κ2) is 6.84. The van der Waals surface area contributed by atoms with Crippen LogP contribution in [0.4, 0.5) is 13.2 Å². The smallest absolute Gasteiger partial charge is 0.406 e. The van der Waals surface area contributed by atoms with Crippen LogP contribution in [0.2, 0.25) is 0 Å². The van der Waals surface area contributed by atoms with E-state index >= 15 is 0 Å². The number of nitrogens with zero attached hydrogens (tertiary/aromatic N) is 1. The number of alkyl halides is 3. The van der Waals surface area contributed by atoms with Crippen LogP contribution in [0.3, 0.4) is 0 Å². The van der Waals surface area contributed by atoms with E-state index in [1.807, 2.05) is 0 Å². The summed E-state index contributed by atoms with van der Waals surface area (Å²) in [5, 5.41) is 0. The van der Waals surface area contributed by atoms with Crippen molar-refractivity contribution in [3.63, 3.8) is 0 Å². The lowest BCUT2D eigenvalue weighted by molar-refractivity contribution is -0.141. The molecule has 0 unspecified atom stereocenters. The molecule has 2 heterocycles. The Morgan fingerprint density at radius 1 is 1.29 bits per heavy atom. The van der Waals surface area contributed by atoms with E-state index < -0.39 is 31.1 Å². The maximum absolute atomic E-state index is 12.6. The first-order chi connectivity index (χ1) is 11.1. The van der Waals surface area contributed by atoms with Crippen molar-refractivity contribution >= 4 is 27.7 Å². The Labute approximate surface area is 143 Å². The number of furan rings is 1. The average Bonchev–Trinajstić information content (AvgIpc) is 3.02. The van der Waals surface area contributed by atoms with Gasteiger partial charge >= 0.3 is 12.1 Å². The lowest BCUT2D eigenvalue weighted by Crippen LogP contribution is -2.20. The lowest BCUT2D eigenvalue weighted by atomic mass is 10.1. The standard InChI is InChI=1S/C15H13BrF3NO4/c1-8-5-10(9(2)20(8)7-15(17,18)19)11(21)6-23-14(22)12-3-4-13(16)24-12/h3-5H,6-7H2,1-2H3. The number of hydrogen-bond acceptors (Lipinski definition) is 4. The van der Waals surface area contributed by atoms with Crippen LogP contribution in [-0.2, 0) is 11.3 Å². The van der Waals surface area contributed by atoms with Gasteiger partial charge in [0.1, 0.15) is 6.54 Å². The van der Waals surface area contributed by atoms with Crippen molar-refractivity contribution in [2.24, 2.45) is 0 Å². The topological polar surface area (TPSA) is 61.4 Å². The van der Waals surface area contributed by atoms with E-state index in [0.29, 0.717) is 10.4 Å². The largest absolute Gasteiger partial charge is 0.451 e. The van der Waals surface area contributed by atoms with Crippen LogP contribution in [0.5, 0.6) is 0 Å². The summed E-state index contributed by atoms with van der Waals surface area (Å²) in [6, 6.07) is 4.20. The molecule has 0 aromatic carbocycles. The molecule has 0 saturated carbocycles. The zero-order valence-corrected chi connectivity index (χ0v) is 14.3. The number of aromatic nitrogens is 1. The van der Waals surface area contributed by atoms with Crippen LogP contribution in [0, 0.1) is 13.8 Å². The Morgan fingerprint density at radius 2 is 1.96 bits per heavy atom. The van der Waals surface area contributed by atoms with E-state index in [2.05, 4.69) is 15.9 Å². The van der Waals surface area contributed by atoms with Gasteiger partial charge in [-0.15, -0.1) is 0 Å². The summed E-state index contributed by atoms with van der Waals surface area (Å²) in [6.45, 7) is 1.12. The van der Waals surface area contributed by atoms with Gasteiger partial charge in [-0.25, -0.2) is 4.79 Å². The molecular weight excluding hydrogens is 395 g/mol. The Bertz CT molecular complexity index is 776. The molecular formula is C15H13BrF3NO4. The van der Waals surface area contributed by atoms with Crippen molar-refractivity contribution in [3.05, 3.63) is 45.6 Å². The highest BCUT2D eigenvalue weighted by molar-refractivity contribution is 9.10. The third-order valence-electron chi connectivity index (χ3n) is 3.32. The molecule has 2 aromatic rings. The predicted octanol–water partition coefficient (Wildman–Crippen LogP) is 4.06. The molecule has 0 aliphatic carbocycles. The zero-order chi connectivity index (χ0) is 18.1. The molecule has 0 aliphatic rings. The molecule has 0 fully saturated rings. The maximum atomic E-state index is 12.6. The predicted molar refractivity (Wildman–Crippen MR) is 81.0 cm³/mol. The van der Waals surface area contributed by atoms with Crippen molar-refractivity contribution < 1.29 is 31.9 Å². The number of Topliss-reactive ketones (excluding diaryl/α,β-unsaturated/α-hetero) is 1. The summed E-state index contributed by atoms with van der Waals surface area (Å²) >= 11 is 3.03. The third kappa shape index (κ3) is 4.28. The Morgan fingerprint density at radius 3 is 2.50 bits per heavy atom. The first-order valence-electron chi connectivity index (χ1n) is 6.77. The summed E-state index contributed by atoms with van der Waals surface area (Å²) in [4.78, 5) is 23.8. The summed E-state index contributed by atoms with van der Waals surface area (Å²) in [7, 11) is 0. The highest BCUT2D eigenvalue weighted by atomic mass is 79.9. The minimum Gasteiger partial charge on any atom is -0.451 e. The van der Waals surface area contributed by atoms with Crippen LogP contribution >= 0.6 is 15.9 Å². The number of ketones is 1. The number of halogens is 4. The molecule has 0 atom stereocenters. The molecule has 0 aliphatic heterocycles. The summed E-state index contributed by atoms with van der Waals surface area (Å²) < 4.78 is 48.8. The molecule has 9 heteroatoms. The quantitative estimate of drug-likeness (QED) is 0.553. The SMILES string of the molecule is Cc1cc(C(=O)COC(=O)c2ccc(Br)o2)c(C)n1CC(F)(F)F. The minimum atomic E-state index is -4.39. The normalized spacial score (nSPS) is 11.6. The number of carbonyl (C=O) groups excluding carboxylic acids is 2. The van der Waals surface area contributed by atoms with E-state index in [9.17, 15) is 22.8 Å². The number of carbonyl (C=O) groups is 2. The van der Waals surface area contributed by atoms with E-state index in [1.165, 1.54) is 32.0 Å². The Hall–Kier alpha value is -2.03. The molecule has 0 amide bonds. The molecule has 0 radical (unpaired) electrons. The average molecular weight is 408 g/mol. The summed E-state index contributed by atoms with van der Waals surface area (Å²) in [5.74, 6) is -1.51. The number of esters is 1. The fourth-order valence-corrected chi connectivity index (χ4v) is 2.52. The monoisotopic (exact) mass is 407 g/mol. The summed E-state index contributed by atoms with van der Waals surface area (Å²) in [5.41, 5.74) is 0.561. The van der Waals surface area contributed by atoms with Gasteiger partial charge in [0.05, 0.1) is 0 Å². The highest BCUT2D eigenvalue weighted by Crippen LogP contribution is 2.23. The third-order valence-corrected chi connectivity index (χ3v) is 3.75. The van der Waals surface area contributed by atoms with Gasteiger partial charge in [-0.1, -0.05) is 0 Å². The first kappa shape index (κ1) is 18.3. The van der Waals surface area contributed by atoms with Gasteiger partial charge in [-0.3, -0.25) is 4.79 Å². The highest BCUT2D eigenvalue weighted by Gasteiger charge is 2.30. The second-order valence-corrected chi connectivity index (χ2v) is 5.87. The number of ether oxygens (including phenoxy) is 1. The fourth-order valence-electron chi connectivity index (χ4n) is 2.21. The van der Waals surface area contributed by atoms with Crippen LogP contribution in [0.1, 0.15) is 32.3 Å². The van der Waals surface area contributed by atoms with E-state index in [4.69, 9.17) is 9.15 Å². The molecule has 2 rings (SSSR count). The number of hydrogen-bond donors (Lipinski definition) is 0. The zero-order valence-electron chi connectivity index (χ0n) is 12.7. The van der Waals surface area contributed by atoms with Crippen molar-refractivity contribution in [1.82, 2.24) is 4.57 Å². The van der Waals surface area contributed by atoms with Gasteiger partial charge in [0, 0.05) is 17.0 Å². The van der Waals surface area contributed by atoms with Gasteiger partial charge in [0.25, 0.3) is 0 Å². The van der Waals surface area contributed by atoms with E-state index in [-0.39, 0.29) is 17.0 Å². The molecule has 0 bridgehead atoms. The van der Waals surface area contributed by atoms with Gasteiger partial charge in [-0.05, 0) is 48.0 Å². The van der Waals surface area contributed by atoms with Crippen molar-refractivity contribution in [1.29, 1.82) is 0 Å². The molecule has 2 aromatic heterocycles. The molecule has 24 heavy (non-hydrogen) atoms.